The van der Waals surface area contributed by atoms with Gasteiger partial charge >= 0.3 is 5.97 Å². The smallest absolute Gasteiger partial charge is 0.323 e. The molecule has 0 heterocycles. The first kappa shape index (κ1) is 10.5. The molecule has 0 unspecified atom stereocenters. The van der Waals surface area contributed by atoms with Gasteiger partial charge in [-0.2, -0.15) is 0 Å². The first-order valence-corrected chi connectivity index (χ1v) is 5.20. The minimum Gasteiger partial charge on any atom is -0.461 e. The van der Waals surface area contributed by atoms with Crippen molar-refractivity contribution < 1.29 is 9.53 Å². The van der Waals surface area contributed by atoms with Gasteiger partial charge in [0.05, 0.1) is 0 Å². The number of nitrogens with two attached hydrogens (primary N) is 1. The molecule has 0 aromatic rings. The SMILES string of the molecule is CCC[C@H](N)C(=O)OC1CCCC1. The molecule has 0 radical (unpaired) electrons. The van der Waals surface area contributed by atoms with Crippen LogP contribution in [0.1, 0.15) is 45.4 Å². The van der Waals surface area contributed by atoms with Gasteiger partial charge in [-0.25, -0.2) is 0 Å². The standard InChI is InChI=1S/C10H19NO2/c1-2-5-9(11)10(12)13-8-6-3-4-7-8/h8-9H,2-7,11H2,1H3/t9-/m0/s1. The van der Waals surface area contributed by atoms with Crippen molar-refractivity contribution in [3.05, 3.63) is 0 Å². The summed E-state index contributed by atoms with van der Waals surface area (Å²) < 4.78 is 5.26. The van der Waals surface area contributed by atoms with Gasteiger partial charge in [0.15, 0.2) is 0 Å². The molecular weight excluding hydrogens is 166 g/mol. The van der Waals surface area contributed by atoms with E-state index in [4.69, 9.17) is 10.5 Å². The summed E-state index contributed by atoms with van der Waals surface area (Å²) in [4.78, 5) is 11.3. The van der Waals surface area contributed by atoms with E-state index in [2.05, 4.69) is 0 Å². The minimum atomic E-state index is -0.411. The Bertz CT molecular complexity index is 164. The van der Waals surface area contributed by atoms with Crippen molar-refractivity contribution in [1.29, 1.82) is 0 Å². The Hall–Kier alpha value is -0.570. The third kappa shape index (κ3) is 3.35. The molecule has 1 rings (SSSR count). The zero-order chi connectivity index (χ0) is 9.68. The van der Waals surface area contributed by atoms with E-state index in [0.29, 0.717) is 0 Å². The minimum absolute atomic E-state index is 0.149. The van der Waals surface area contributed by atoms with Crippen molar-refractivity contribution in [3.63, 3.8) is 0 Å². The maximum absolute atomic E-state index is 11.3. The molecule has 13 heavy (non-hydrogen) atoms. The summed E-state index contributed by atoms with van der Waals surface area (Å²) in [5, 5.41) is 0. The lowest BCUT2D eigenvalue weighted by molar-refractivity contribution is -0.150. The Kier molecular flexibility index (Phi) is 4.22. The van der Waals surface area contributed by atoms with Gasteiger partial charge in [-0.05, 0) is 32.1 Å². The van der Waals surface area contributed by atoms with Crippen LogP contribution in [0.2, 0.25) is 0 Å². The van der Waals surface area contributed by atoms with Crippen LogP contribution in [0.3, 0.4) is 0 Å². The fourth-order valence-corrected chi connectivity index (χ4v) is 1.69. The lowest BCUT2D eigenvalue weighted by Crippen LogP contribution is -2.34. The molecule has 3 nitrogen and oxygen atoms in total. The Morgan fingerprint density at radius 1 is 1.54 bits per heavy atom. The molecule has 0 spiro atoms. The summed E-state index contributed by atoms with van der Waals surface area (Å²) in [5.74, 6) is -0.214. The van der Waals surface area contributed by atoms with Gasteiger partial charge in [-0.1, -0.05) is 13.3 Å². The van der Waals surface area contributed by atoms with Crippen LogP contribution >= 0.6 is 0 Å². The average molecular weight is 185 g/mol. The highest BCUT2D eigenvalue weighted by Gasteiger charge is 2.22. The Morgan fingerprint density at radius 2 is 2.15 bits per heavy atom. The van der Waals surface area contributed by atoms with Crippen LogP contribution in [-0.2, 0) is 9.53 Å². The van der Waals surface area contributed by atoms with Crippen LogP contribution in [0.5, 0.6) is 0 Å². The molecule has 76 valence electrons. The van der Waals surface area contributed by atoms with Gasteiger partial charge < -0.3 is 10.5 Å². The zero-order valence-corrected chi connectivity index (χ0v) is 8.29. The molecule has 0 aromatic heterocycles. The summed E-state index contributed by atoms with van der Waals surface area (Å²) in [6.07, 6.45) is 6.21. The Balaban J connectivity index is 2.22. The van der Waals surface area contributed by atoms with Crippen molar-refractivity contribution in [2.24, 2.45) is 5.73 Å². The molecule has 0 saturated heterocycles. The monoisotopic (exact) mass is 185 g/mol. The number of carbonyl (C=O) groups is 1. The highest BCUT2D eigenvalue weighted by molar-refractivity contribution is 5.75. The highest BCUT2D eigenvalue weighted by Crippen LogP contribution is 2.21. The lowest BCUT2D eigenvalue weighted by atomic mass is 10.2. The average Bonchev–Trinajstić information content (AvgIpc) is 2.57. The summed E-state index contributed by atoms with van der Waals surface area (Å²) in [7, 11) is 0. The van der Waals surface area contributed by atoms with Gasteiger partial charge in [-0.15, -0.1) is 0 Å². The summed E-state index contributed by atoms with van der Waals surface area (Å²) in [5.41, 5.74) is 5.63. The van der Waals surface area contributed by atoms with Crippen LogP contribution in [0.15, 0.2) is 0 Å². The van der Waals surface area contributed by atoms with Crippen molar-refractivity contribution in [3.8, 4) is 0 Å². The summed E-state index contributed by atoms with van der Waals surface area (Å²) >= 11 is 0. The molecule has 1 fully saturated rings. The maximum atomic E-state index is 11.3. The van der Waals surface area contributed by atoms with Gasteiger partial charge in [0.2, 0.25) is 0 Å². The van der Waals surface area contributed by atoms with E-state index in [1.165, 1.54) is 12.8 Å². The molecule has 0 bridgehead atoms. The second kappa shape index (κ2) is 5.22. The number of ether oxygens (including phenoxy) is 1. The Morgan fingerprint density at radius 3 is 2.69 bits per heavy atom. The van der Waals surface area contributed by atoms with Gasteiger partial charge in [0.25, 0.3) is 0 Å². The van der Waals surface area contributed by atoms with Gasteiger partial charge in [0, 0.05) is 0 Å². The third-order valence-electron chi connectivity index (χ3n) is 2.49. The quantitative estimate of drug-likeness (QED) is 0.677. The molecule has 0 amide bonds. The number of rotatable bonds is 4. The molecule has 0 aromatic carbocycles. The Labute approximate surface area is 79.6 Å². The first-order valence-electron chi connectivity index (χ1n) is 5.20. The van der Waals surface area contributed by atoms with Crippen LogP contribution in [0.4, 0.5) is 0 Å². The van der Waals surface area contributed by atoms with Crippen molar-refractivity contribution >= 4 is 5.97 Å². The van der Waals surface area contributed by atoms with E-state index in [9.17, 15) is 4.79 Å². The van der Waals surface area contributed by atoms with Crippen molar-refractivity contribution in [1.82, 2.24) is 0 Å². The maximum Gasteiger partial charge on any atom is 0.323 e. The molecule has 1 atom stereocenters. The lowest BCUT2D eigenvalue weighted by Gasteiger charge is -2.14. The fourth-order valence-electron chi connectivity index (χ4n) is 1.69. The van der Waals surface area contributed by atoms with Crippen molar-refractivity contribution in [2.45, 2.75) is 57.6 Å². The number of hydrogen-bond donors (Lipinski definition) is 1. The molecular formula is C10H19NO2. The predicted molar refractivity (Wildman–Crippen MR) is 51.2 cm³/mol. The zero-order valence-electron chi connectivity index (χ0n) is 8.29. The number of carbonyl (C=O) groups excluding carboxylic acids is 1. The second-order valence-corrected chi connectivity index (χ2v) is 3.74. The molecule has 1 aliphatic rings. The molecule has 2 N–H and O–H groups in total. The third-order valence-corrected chi connectivity index (χ3v) is 2.49. The number of esters is 1. The van der Waals surface area contributed by atoms with E-state index < -0.39 is 6.04 Å². The van der Waals surface area contributed by atoms with E-state index in [1.54, 1.807) is 0 Å². The van der Waals surface area contributed by atoms with Crippen LogP contribution in [0.25, 0.3) is 0 Å². The van der Waals surface area contributed by atoms with E-state index >= 15 is 0 Å². The topological polar surface area (TPSA) is 52.3 Å². The largest absolute Gasteiger partial charge is 0.461 e. The first-order chi connectivity index (χ1) is 6.24. The normalized spacial score (nSPS) is 20.2. The van der Waals surface area contributed by atoms with Gasteiger partial charge in [0.1, 0.15) is 12.1 Å². The highest BCUT2D eigenvalue weighted by atomic mass is 16.5. The van der Waals surface area contributed by atoms with Crippen molar-refractivity contribution in [2.75, 3.05) is 0 Å². The predicted octanol–water partition coefficient (Wildman–Crippen LogP) is 1.60. The number of hydrogen-bond acceptors (Lipinski definition) is 3. The van der Waals surface area contributed by atoms with E-state index in [0.717, 1.165) is 25.7 Å². The molecule has 1 aliphatic carbocycles. The van der Waals surface area contributed by atoms with Crippen LogP contribution in [0, 0.1) is 0 Å². The summed E-state index contributed by atoms with van der Waals surface area (Å²) in [6, 6.07) is -0.411. The van der Waals surface area contributed by atoms with Gasteiger partial charge in [-0.3, -0.25) is 4.79 Å². The molecule has 0 aliphatic heterocycles. The van der Waals surface area contributed by atoms with Crippen LogP contribution < -0.4 is 5.73 Å². The molecule has 3 heteroatoms. The van der Waals surface area contributed by atoms with Crippen LogP contribution in [-0.4, -0.2) is 18.1 Å². The second-order valence-electron chi connectivity index (χ2n) is 3.74. The summed E-state index contributed by atoms with van der Waals surface area (Å²) in [6.45, 7) is 2.02. The van der Waals surface area contributed by atoms with E-state index in [-0.39, 0.29) is 12.1 Å². The molecule has 1 saturated carbocycles. The fraction of sp³-hybridized carbons (Fsp3) is 0.900. The van der Waals surface area contributed by atoms with E-state index in [1.807, 2.05) is 6.92 Å².